The molecular weight excluding hydrogens is 328 g/mol. The molecular formula is C20H22N4O2. The zero-order valence-corrected chi connectivity index (χ0v) is 14.8. The summed E-state index contributed by atoms with van der Waals surface area (Å²) in [6.07, 6.45) is 4.79. The Morgan fingerprint density at radius 1 is 1.19 bits per heavy atom. The lowest BCUT2D eigenvalue weighted by Gasteiger charge is -2.36. The van der Waals surface area contributed by atoms with Gasteiger partial charge in [-0.25, -0.2) is 4.98 Å². The molecule has 134 valence electrons. The SMILES string of the molecule is CCC1c2cccn2CCN1C(=O)CCn1cnc2ccccc2c1=O. The first-order valence-corrected chi connectivity index (χ1v) is 9.07. The lowest BCUT2D eigenvalue weighted by atomic mass is 10.1. The number of carbonyl (C=O) groups is 1. The third-order valence-electron chi connectivity index (χ3n) is 5.17. The average Bonchev–Trinajstić information content (AvgIpc) is 3.15. The largest absolute Gasteiger partial charge is 0.348 e. The van der Waals surface area contributed by atoms with Crippen molar-refractivity contribution < 1.29 is 4.79 Å². The molecule has 4 rings (SSSR count). The van der Waals surface area contributed by atoms with Crippen LogP contribution >= 0.6 is 0 Å². The second-order valence-corrected chi connectivity index (χ2v) is 6.65. The van der Waals surface area contributed by atoms with Crippen LogP contribution in [0.2, 0.25) is 0 Å². The molecule has 0 bridgehead atoms. The summed E-state index contributed by atoms with van der Waals surface area (Å²) in [5, 5.41) is 0.588. The number of benzene rings is 1. The third-order valence-corrected chi connectivity index (χ3v) is 5.17. The number of aromatic nitrogens is 3. The van der Waals surface area contributed by atoms with Crippen LogP contribution in [0.5, 0.6) is 0 Å². The molecule has 0 spiro atoms. The standard InChI is InChI=1S/C20H22N4O2/c1-2-17-18-8-5-10-22(18)12-13-24(17)19(25)9-11-23-14-21-16-7-4-3-6-15(16)20(23)26/h3-8,10,14,17H,2,9,11-13H2,1H3. The van der Waals surface area contributed by atoms with Crippen molar-refractivity contribution >= 4 is 16.8 Å². The third kappa shape index (κ3) is 2.81. The zero-order valence-electron chi connectivity index (χ0n) is 14.8. The molecule has 26 heavy (non-hydrogen) atoms. The number of fused-ring (bicyclic) bond motifs is 2. The second-order valence-electron chi connectivity index (χ2n) is 6.65. The second kappa shape index (κ2) is 6.78. The maximum atomic E-state index is 12.8. The van der Waals surface area contributed by atoms with Crippen molar-refractivity contribution in [3.63, 3.8) is 0 Å². The van der Waals surface area contributed by atoms with Crippen LogP contribution in [-0.2, 0) is 17.9 Å². The fourth-order valence-corrected chi connectivity index (χ4v) is 3.82. The van der Waals surface area contributed by atoms with Gasteiger partial charge in [0.2, 0.25) is 5.91 Å². The van der Waals surface area contributed by atoms with E-state index < -0.39 is 0 Å². The van der Waals surface area contributed by atoms with Crippen LogP contribution < -0.4 is 5.56 Å². The van der Waals surface area contributed by atoms with Crippen LogP contribution in [-0.4, -0.2) is 31.5 Å². The smallest absolute Gasteiger partial charge is 0.261 e. The number of amides is 1. The van der Waals surface area contributed by atoms with Gasteiger partial charge in [0.1, 0.15) is 0 Å². The molecule has 6 nitrogen and oxygen atoms in total. The molecule has 1 aliphatic rings. The van der Waals surface area contributed by atoms with Gasteiger partial charge < -0.3 is 9.47 Å². The van der Waals surface area contributed by atoms with E-state index in [2.05, 4.69) is 28.7 Å². The van der Waals surface area contributed by atoms with Gasteiger partial charge in [-0.1, -0.05) is 19.1 Å². The minimum atomic E-state index is -0.0945. The number of hydrogen-bond donors (Lipinski definition) is 0. The minimum Gasteiger partial charge on any atom is -0.348 e. The Balaban J connectivity index is 1.51. The van der Waals surface area contributed by atoms with E-state index in [-0.39, 0.29) is 17.5 Å². The normalized spacial score (nSPS) is 16.7. The molecule has 6 heteroatoms. The van der Waals surface area contributed by atoms with E-state index in [4.69, 9.17) is 0 Å². The van der Waals surface area contributed by atoms with Crippen LogP contribution in [0.1, 0.15) is 31.5 Å². The quantitative estimate of drug-likeness (QED) is 0.727. The van der Waals surface area contributed by atoms with Crippen molar-refractivity contribution in [1.29, 1.82) is 0 Å². The van der Waals surface area contributed by atoms with Gasteiger partial charge in [0, 0.05) is 37.9 Å². The van der Waals surface area contributed by atoms with E-state index >= 15 is 0 Å². The van der Waals surface area contributed by atoms with Crippen molar-refractivity contribution in [1.82, 2.24) is 19.0 Å². The average molecular weight is 350 g/mol. The van der Waals surface area contributed by atoms with Crippen molar-refractivity contribution in [2.24, 2.45) is 0 Å². The summed E-state index contributed by atoms with van der Waals surface area (Å²) in [7, 11) is 0. The molecule has 1 atom stereocenters. The highest BCUT2D eigenvalue weighted by Gasteiger charge is 2.29. The molecule has 1 aliphatic heterocycles. The predicted octanol–water partition coefficient (Wildman–Crippen LogP) is 2.58. The van der Waals surface area contributed by atoms with E-state index in [0.717, 1.165) is 13.0 Å². The Morgan fingerprint density at radius 3 is 2.88 bits per heavy atom. The summed E-state index contributed by atoms with van der Waals surface area (Å²) in [4.78, 5) is 31.7. The Morgan fingerprint density at radius 2 is 2.04 bits per heavy atom. The monoisotopic (exact) mass is 350 g/mol. The highest BCUT2D eigenvalue weighted by Crippen LogP contribution is 2.29. The molecule has 1 amide bonds. The summed E-state index contributed by atoms with van der Waals surface area (Å²) < 4.78 is 3.75. The van der Waals surface area contributed by atoms with Crippen molar-refractivity contribution in [2.45, 2.75) is 38.9 Å². The maximum Gasteiger partial charge on any atom is 0.261 e. The van der Waals surface area contributed by atoms with Crippen LogP contribution in [0.3, 0.4) is 0 Å². The fourth-order valence-electron chi connectivity index (χ4n) is 3.82. The first kappa shape index (κ1) is 16.6. The van der Waals surface area contributed by atoms with Gasteiger partial charge in [-0.15, -0.1) is 0 Å². The zero-order chi connectivity index (χ0) is 18.1. The highest BCUT2D eigenvalue weighted by molar-refractivity contribution is 5.78. The summed E-state index contributed by atoms with van der Waals surface area (Å²) in [6, 6.07) is 11.5. The molecule has 0 N–H and O–H groups in total. The molecule has 0 radical (unpaired) electrons. The van der Waals surface area contributed by atoms with Gasteiger partial charge in [0.25, 0.3) is 5.56 Å². The number of rotatable bonds is 4. The minimum absolute atomic E-state index is 0.0874. The lowest BCUT2D eigenvalue weighted by Crippen LogP contribution is -2.42. The van der Waals surface area contributed by atoms with E-state index in [0.29, 0.717) is 30.4 Å². The molecule has 0 fully saturated rings. The molecule has 3 heterocycles. The first-order chi connectivity index (χ1) is 12.7. The fraction of sp³-hybridized carbons (Fsp3) is 0.350. The maximum absolute atomic E-state index is 12.8. The summed E-state index contributed by atoms with van der Waals surface area (Å²) in [5.41, 5.74) is 1.78. The van der Waals surface area contributed by atoms with E-state index in [1.807, 2.05) is 29.2 Å². The highest BCUT2D eigenvalue weighted by atomic mass is 16.2. The molecule has 3 aromatic rings. The Labute approximate surface area is 151 Å². The van der Waals surface area contributed by atoms with Gasteiger partial charge >= 0.3 is 0 Å². The topological polar surface area (TPSA) is 60.1 Å². The number of para-hydroxylation sites is 1. The molecule has 2 aromatic heterocycles. The van der Waals surface area contributed by atoms with Crippen LogP contribution in [0, 0.1) is 0 Å². The molecule has 0 aliphatic carbocycles. The van der Waals surface area contributed by atoms with Crippen LogP contribution in [0.25, 0.3) is 10.9 Å². The van der Waals surface area contributed by atoms with Gasteiger partial charge in [0.05, 0.1) is 23.3 Å². The lowest BCUT2D eigenvalue weighted by molar-refractivity contribution is -0.135. The van der Waals surface area contributed by atoms with Crippen molar-refractivity contribution in [2.75, 3.05) is 6.54 Å². The van der Waals surface area contributed by atoms with Crippen LogP contribution in [0.15, 0.2) is 53.7 Å². The summed E-state index contributed by atoms with van der Waals surface area (Å²) in [6.45, 7) is 3.99. The van der Waals surface area contributed by atoms with Crippen LogP contribution in [0.4, 0.5) is 0 Å². The van der Waals surface area contributed by atoms with Gasteiger partial charge in [-0.2, -0.15) is 0 Å². The Kier molecular flexibility index (Phi) is 4.32. The Hall–Kier alpha value is -2.89. The van der Waals surface area contributed by atoms with Crippen molar-refractivity contribution in [3.05, 3.63) is 65.0 Å². The van der Waals surface area contributed by atoms with Crippen molar-refractivity contribution in [3.8, 4) is 0 Å². The van der Waals surface area contributed by atoms with E-state index in [9.17, 15) is 9.59 Å². The predicted molar refractivity (Wildman–Crippen MR) is 99.8 cm³/mol. The first-order valence-electron chi connectivity index (χ1n) is 9.07. The van der Waals surface area contributed by atoms with Gasteiger partial charge in [-0.3, -0.25) is 14.2 Å². The van der Waals surface area contributed by atoms with Gasteiger partial charge in [-0.05, 0) is 30.7 Å². The van der Waals surface area contributed by atoms with Gasteiger partial charge in [0.15, 0.2) is 0 Å². The number of hydrogen-bond acceptors (Lipinski definition) is 3. The number of carbonyl (C=O) groups excluding carboxylic acids is 1. The molecule has 0 saturated carbocycles. The summed E-state index contributed by atoms with van der Waals surface area (Å²) >= 11 is 0. The van der Waals surface area contributed by atoms with E-state index in [1.165, 1.54) is 16.6 Å². The molecule has 1 aromatic carbocycles. The number of aryl methyl sites for hydroxylation is 1. The Bertz CT molecular complexity index is 1000. The van der Waals surface area contributed by atoms with E-state index in [1.54, 1.807) is 6.07 Å². The molecule has 0 saturated heterocycles. The molecule has 1 unspecified atom stereocenters. The number of nitrogens with zero attached hydrogens (tertiary/aromatic N) is 4. The summed E-state index contributed by atoms with van der Waals surface area (Å²) in [5.74, 6) is 0.0874.